The average molecular weight is 421 g/mol. The lowest BCUT2D eigenvalue weighted by Crippen LogP contribution is -2.18. The van der Waals surface area contributed by atoms with Crippen molar-refractivity contribution in [1.29, 1.82) is 0 Å². The summed E-state index contributed by atoms with van der Waals surface area (Å²) >= 11 is 6.19. The van der Waals surface area contributed by atoms with Gasteiger partial charge < -0.3 is 10.6 Å². The van der Waals surface area contributed by atoms with E-state index in [1.165, 1.54) is 24.4 Å². The van der Waals surface area contributed by atoms with Crippen molar-refractivity contribution in [3.63, 3.8) is 0 Å². The van der Waals surface area contributed by atoms with E-state index in [1.54, 1.807) is 30.3 Å². The van der Waals surface area contributed by atoms with Gasteiger partial charge in [0.25, 0.3) is 11.8 Å². The van der Waals surface area contributed by atoms with Gasteiger partial charge in [-0.25, -0.2) is 9.37 Å². The van der Waals surface area contributed by atoms with E-state index in [1.807, 2.05) is 12.1 Å². The van der Waals surface area contributed by atoms with Gasteiger partial charge in [-0.05, 0) is 41.8 Å². The van der Waals surface area contributed by atoms with E-state index in [9.17, 15) is 14.0 Å². The van der Waals surface area contributed by atoms with Gasteiger partial charge in [-0.1, -0.05) is 41.9 Å². The van der Waals surface area contributed by atoms with Gasteiger partial charge in [-0.15, -0.1) is 0 Å². The highest BCUT2D eigenvalue weighted by Gasteiger charge is 2.16. The number of aromatic nitrogens is 2. The summed E-state index contributed by atoms with van der Waals surface area (Å²) in [6, 6.07) is 17.4. The maximum atomic E-state index is 13.8. The van der Waals surface area contributed by atoms with Gasteiger partial charge in [0.2, 0.25) is 0 Å². The number of nitrogens with zero attached hydrogens (tertiary/aromatic N) is 2. The van der Waals surface area contributed by atoms with Crippen molar-refractivity contribution >= 4 is 45.6 Å². The Kier molecular flexibility index (Phi) is 5.36. The maximum Gasteiger partial charge on any atom is 0.274 e. The van der Waals surface area contributed by atoms with Crippen LogP contribution in [0.25, 0.3) is 10.8 Å². The minimum Gasteiger partial charge on any atom is -0.319 e. The minimum absolute atomic E-state index is 0.0602. The quantitative estimate of drug-likeness (QED) is 0.458. The normalized spacial score (nSPS) is 10.6. The molecule has 0 unspecified atom stereocenters. The molecule has 4 rings (SSSR count). The molecule has 148 valence electrons. The number of carbonyl (C=O) groups is 2. The highest BCUT2D eigenvalue weighted by Crippen LogP contribution is 2.26. The number of nitrogens with one attached hydrogen (secondary N) is 2. The van der Waals surface area contributed by atoms with Crippen LogP contribution in [0.15, 0.2) is 72.9 Å². The van der Waals surface area contributed by atoms with Gasteiger partial charge in [-0.2, -0.15) is 0 Å². The number of halogens is 2. The summed E-state index contributed by atoms with van der Waals surface area (Å²) in [6.45, 7) is 0. The maximum absolute atomic E-state index is 13.8. The van der Waals surface area contributed by atoms with Gasteiger partial charge in [0.1, 0.15) is 22.4 Å². The molecule has 2 heterocycles. The molecule has 0 aliphatic heterocycles. The Labute approximate surface area is 175 Å². The highest BCUT2D eigenvalue weighted by molar-refractivity contribution is 6.34. The molecule has 0 atom stereocenters. The second-order valence-electron chi connectivity index (χ2n) is 6.33. The third-order valence-corrected chi connectivity index (χ3v) is 4.59. The SMILES string of the molecule is O=C(Nc1ccc(F)cc1NC(=O)c1cc2ccccc2c(Cl)n1)c1ccccn1. The van der Waals surface area contributed by atoms with Crippen molar-refractivity contribution in [2.75, 3.05) is 10.6 Å². The van der Waals surface area contributed by atoms with E-state index in [2.05, 4.69) is 20.6 Å². The van der Waals surface area contributed by atoms with Crippen molar-refractivity contribution in [2.45, 2.75) is 0 Å². The van der Waals surface area contributed by atoms with Crippen LogP contribution in [-0.2, 0) is 0 Å². The monoisotopic (exact) mass is 420 g/mol. The molecule has 0 aliphatic carbocycles. The molecule has 8 heteroatoms. The molecule has 4 aromatic rings. The number of rotatable bonds is 4. The molecule has 30 heavy (non-hydrogen) atoms. The van der Waals surface area contributed by atoms with Crippen LogP contribution in [0.4, 0.5) is 15.8 Å². The van der Waals surface area contributed by atoms with Gasteiger partial charge >= 0.3 is 0 Å². The third-order valence-electron chi connectivity index (χ3n) is 4.30. The predicted octanol–water partition coefficient (Wildman–Crippen LogP) is 4.93. The first-order chi connectivity index (χ1) is 14.5. The predicted molar refractivity (Wildman–Crippen MR) is 113 cm³/mol. The second-order valence-corrected chi connectivity index (χ2v) is 6.69. The molecule has 2 aromatic heterocycles. The molecule has 2 N–H and O–H groups in total. The first kappa shape index (κ1) is 19.5. The molecule has 2 amide bonds. The topological polar surface area (TPSA) is 84.0 Å². The molecule has 6 nitrogen and oxygen atoms in total. The van der Waals surface area contributed by atoms with E-state index in [4.69, 9.17) is 11.6 Å². The molecular weight excluding hydrogens is 407 g/mol. The molecule has 0 radical (unpaired) electrons. The summed E-state index contributed by atoms with van der Waals surface area (Å²) < 4.78 is 13.8. The van der Waals surface area contributed by atoms with Crippen molar-refractivity contribution in [2.24, 2.45) is 0 Å². The molecule has 2 aromatic carbocycles. The number of anilines is 2. The molecule has 0 saturated carbocycles. The van der Waals surface area contributed by atoms with E-state index in [0.29, 0.717) is 5.39 Å². The Balaban J connectivity index is 1.62. The van der Waals surface area contributed by atoms with Crippen LogP contribution in [0.3, 0.4) is 0 Å². The molecule has 0 saturated heterocycles. The van der Waals surface area contributed by atoms with Crippen LogP contribution in [0.2, 0.25) is 5.15 Å². The lowest BCUT2D eigenvalue weighted by Gasteiger charge is -2.13. The van der Waals surface area contributed by atoms with Gasteiger partial charge in [0.05, 0.1) is 11.4 Å². The largest absolute Gasteiger partial charge is 0.319 e. The van der Waals surface area contributed by atoms with E-state index in [-0.39, 0.29) is 27.9 Å². The Hall–Kier alpha value is -3.84. The molecule has 0 bridgehead atoms. The summed E-state index contributed by atoms with van der Waals surface area (Å²) in [6.07, 6.45) is 1.48. The molecule has 0 fully saturated rings. The highest BCUT2D eigenvalue weighted by atomic mass is 35.5. The summed E-state index contributed by atoms with van der Waals surface area (Å²) in [5, 5.41) is 6.84. The number of benzene rings is 2. The van der Waals surface area contributed by atoms with Crippen molar-refractivity contribution in [1.82, 2.24) is 9.97 Å². The van der Waals surface area contributed by atoms with Gasteiger partial charge in [-0.3, -0.25) is 14.6 Å². The zero-order chi connectivity index (χ0) is 21.1. The lowest BCUT2D eigenvalue weighted by molar-refractivity contribution is 0.101. The number of carbonyl (C=O) groups excluding carboxylic acids is 2. The smallest absolute Gasteiger partial charge is 0.274 e. The van der Waals surface area contributed by atoms with Gasteiger partial charge in [0, 0.05) is 11.6 Å². The fourth-order valence-electron chi connectivity index (χ4n) is 2.87. The Morgan fingerprint density at radius 2 is 1.57 bits per heavy atom. The Morgan fingerprint density at radius 1 is 0.833 bits per heavy atom. The lowest BCUT2D eigenvalue weighted by atomic mass is 10.1. The summed E-state index contributed by atoms with van der Waals surface area (Å²) in [5.74, 6) is -1.67. The number of hydrogen-bond acceptors (Lipinski definition) is 4. The minimum atomic E-state index is -0.596. The second kappa shape index (κ2) is 8.26. The zero-order valence-electron chi connectivity index (χ0n) is 15.4. The summed E-state index contributed by atoms with van der Waals surface area (Å²) in [7, 11) is 0. The van der Waals surface area contributed by atoms with Crippen LogP contribution >= 0.6 is 11.6 Å². The first-order valence-corrected chi connectivity index (χ1v) is 9.27. The van der Waals surface area contributed by atoms with Crippen LogP contribution < -0.4 is 10.6 Å². The Bertz CT molecular complexity index is 1260. The fraction of sp³-hybridized carbons (Fsp3) is 0. The van der Waals surface area contributed by atoms with Gasteiger partial charge in [0.15, 0.2) is 0 Å². The fourth-order valence-corrected chi connectivity index (χ4v) is 3.13. The standard InChI is InChI=1S/C22H14ClFN4O2/c23-20-15-6-2-1-5-13(15)11-19(26-20)22(30)28-18-12-14(24)8-9-16(18)27-21(29)17-7-3-4-10-25-17/h1-12H,(H,27,29)(H,28,30). The first-order valence-electron chi connectivity index (χ1n) is 8.90. The van der Waals surface area contributed by atoms with Crippen molar-refractivity contribution in [3.05, 3.63) is 95.3 Å². The van der Waals surface area contributed by atoms with Crippen molar-refractivity contribution < 1.29 is 14.0 Å². The molecule has 0 spiro atoms. The van der Waals surface area contributed by atoms with E-state index in [0.717, 1.165) is 11.5 Å². The van der Waals surface area contributed by atoms with Crippen LogP contribution in [0, 0.1) is 5.82 Å². The van der Waals surface area contributed by atoms with Crippen LogP contribution in [0.1, 0.15) is 21.0 Å². The average Bonchev–Trinajstić information content (AvgIpc) is 2.76. The number of amides is 2. The number of fused-ring (bicyclic) bond motifs is 1. The molecular formula is C22H14ClFN4O2. The summed E-state index contributed by atoms with van der Waals surface area (Å²) in [4.78, 5) is 33.2. The van der Waals surface area contributed by atoms with E-state index >= 15 is 0 Å². The van der Waals surface area contributed by atoms with Crippen LogP contribution in [0.5, 0.6) is 0 Å². The summed E-state index contributed by atoms with van der Waals surface area (Å²) in [5.41, 5.74) is 0.537. The van der Waals surface area contributed by atoms with Crippen molar-refractivity contribution in [3.8, 4) is 0 Å². The van der Waals surface area contributed by atoms with E-state index < -0.39 is 17.6 Å². The number of hydrogen-bond donors (Lipinski definition) is 2. The third kappa shape index (κ3) is 4.11. The number of pyridine rings is 2. The Morgan fingerprint density at radius 3 is 2.37 bits per heavy atom. The zero-order valence-corrected chi connectivity index (χ0v) is 16.2. The molecule has 0 aliphatic rings. The van der Waals surface area contributed by atoms with Crippen LogP contribution in [-0.4, -0.2) is 21.8 Å².